The van der Waals surface area contributed by atoms with Crippen molar-refractivity contribution >= 4 is 45.9 Å². The molecule has 13 nitrogen and oxygen atoms in total. The number of halogens is 20. The van der Waals surface area contributed by atoms with E-state index in [1.165, 1.54) is 0 Å². The summed E-state index contributed by atoms with van der Waals surface area (Å²) in [5, 5.41) is 9.00. The Morgan fingerprint density at radius 3 is 0.562 bits per heavy atom. The summed E-state index contributed by atoms with van der Waals surface area (Å²) < 4.78 is 294. The molecular formula is C45H48BCuF20N11O2. The summed E-state index contributed by atoms with van der Waals surface area (Å²) >= 11 is 0. The molecule has 0 spiro atoms. The minimum absolute atomic E-state index is 0. The Bertz CT molecular complexity index is 2460. The zero-order valence-electron chi connectivity index (χ0n) is 43.9. The smallest absolute Gasteiger partial charge is 0.444 e. The van der Waals surface area contributed by atoms with Gasteiger partial charge in [0.2, 0.25) is 0 Å². The van der Waals surface area contributed by atoms with Gasteiger partial charge in [-0.1, -0.05) is 0 Å². The molecule has 4 aromatic rings. The third-order valence-electron chi connectivity index (χ3n) is 11.1. The van der Waals surface area contributed by atoms with Crippen LogP contribution < -0.4 is 21.9 Å². The van der Waals surface area contributed by atoms with Crippen LogP contribution in [0.25, 0.3) is 0 Å². The molecule has 0 aliphatic rings. The molecule has 35 heteroatoms. The zero-order chi connectivity index (χ0) is 61.2. The monoisotopic (exact) mass is 1230 g/mol. The van der Waals surface area contributed by atoms with Crippen LogP contribution in [-0.2, 0) is 17.1 Å². The van der Waals surface area contributed by atoms with E-state index in [2.05, 4.69) is 4.90 Å². The molecule has 0 heterocycles. The molecule has 0 unspecified atom stereocenters. The van der Waals surface area contributed by atoms with Gasteiger partial charge >= 0.3 is 17.1 Å². The number of benzene rings is 4. The fraction of sp³-hybridized carbons (Fsp3) is 0.400. The molecule has 0 saturated carbocycles. The molecule has 0 bridgehead atoms. The predicted molar refractivity (Wildman–Crippen MR) is 254 cm³/mol. The largest absolute Gasteiger partial charge is 2.00 e. The normalized spacial score (nSPS) is 10.9. The second-order valence-electron chi connectivity index (χ2n) is 17.6. The van der Waals surface area contributed by atoms with Gasteiger partial charge < -0.3 is 39.5 Å². The van der Waals surface area contributed by atoms with Gasteiger partial charge in [-0.2, -0.15) is 0 Å². The molecule has 1 radical (unpaired) electrons. The molecule has 0 aliphatic heterocycles. The van der Waals surface area contributed by atoms with E-state index < -0.39 is 144 Å². The average Bonchev–Trinajstić information content (AvgIpc) is 3.37. The Kier molecular flexibility index (Phi) is 26.4. The summed E-state index contributed by atoms with van der Waals surface area (Å²) in [6.07, 6.45) is -7.22. The number of rotatable bonds is 13. The molecule has 0 amide bonds. The fourth-order valence-electron chi connectivity index (χ4n) is 8.13. The van der Waals surface area contributed by atoms with Gasteiger partial charge in [0.05, 0.1) is 19.6 Å². The standard InChI is InChI=1S/C24BF20.C21H48N10.Cu.HNO2/c26-5-1(6(27)14(35)21(42)13(5)34)25(2-7(28)15(36)22(43)16(37)8(2)29,3-9(30)17(38)23(44)18(39)10(3)31)4-11(32)19(40)24(45)20(41)12(4)33;1-25(2)19(26(3)4)22-13-16-31(17-14-23-20(27(5)6)28(7)8)18-15-24-21(29(9)10)30(11)12;;2-1-3/h;13-18H2,1-12H3;;(H,2,3)/q-1;;+2;/p-1. The van der Waals surface area contributed by atoms with Crippen molar-refractivity contribution in [1.82, 2.24) is 34.3 Å². The van der Waals surface area contributed by atoms with Crippen LogP contribution in [0.3, 0.4) is 0 Å². The van der Waals surface area contributed by atoms with Crippen molar-refractivity contribution in [2.75, 3.05) is 124 Å². The van der Waals surface area contributed by atoms with Crippen LogP contribution in [-0.4, -0.2) is 182 Å². The summed E-state index contributed by atoms with van der Waals surface area (Å²) in [5.74, 6) is -68.5. The van der Waals surface area contributed by atoms with Gasteiger partial charge in [0.1, 0.15) is 52.7 Å². The van der Waals surface area contributed by atoms with Gasteiger partial charge in [-0.25, -0.2) is 87.8 Å². The van der Waals surface area contributed by atoms with E-state index in [1.807, 2.05) is 114 Å². The molecular weight excluding hydrogens is 1180 g/mol. The van der Waals surface area contributed by atoms with Crippen LogP contribution in [0.2, 0.25) is 0 Å². The molecule has 0 fully saturated rings. The third-order valence-corrected chi connectivity index (χ3v) is 11.1. The molecule has 449 valence electrons. The van der Waals surface area contributed by atoms with E-state index in [-0.39, 0.29) is 17.1 Å². The van der Waals surface area contributed by atoms with Gasteiger partial charge in [-0.05, 0) is 0 Å². The SMILES string of the molecule is CN(C)C(=NCCN(CCN=C(N(C)C)N(C)C)CCN=C(N(C)C)N(C)C)N(C)C.Fc1c(F)c(F)c([B-](c2c(F)c(F)c(F)c(F)c2F)(c2c(F)c(F)c(F)c(F)c2F)c2c(F)c(F)c(F)c(F)c2F)c(F)c1F.O=N[O-].[Cu+2]. The van der Waals surface area contributed by atoms with Gasteiger partial charge in [-0.3, -0.25) is 19.9 Å². The average molecular weight is 1230 g/mol. The van der Waals surface area contributed by atoms with E-state index >= 15 is 35.1 Å². The van der Waals surface area contributed by atoms with Crippen LogP contribution in [0.4, 0.5) is 87.8 Å². The molecule has 0 N–H and O–H groups in total. The summed E-state index contributed by atoms with van der Waals surface area (Å²) in [4.78, 5) is 37.0. The Hall–Kier alpha value is -6.77. The van der Waals surface area contributed by atoms with Gasteiger partial charge in [0, 0.05) is 104 Å². The van der Waals surface area contributed by atoms with Gasteiger partial charge in [0.15, 0.2) is 87.7 Å². The van der Waals surface area contributed by atoms with Crippen molar-refractivity contribution in [3.63, 3.8) is 0 Å². The number of aliphatic imine (C=N–C) groups is 3. The second kappa shape index (κ2) is 29.6. The topological polar surface area (TPSA) is 112 Å². The minimum Gasteiger partial charge on any atom is -0.444 e. The first-order valence-electron chi connectivity index (χ1n) is 22.1. The van der Waals surface area contributed by atoms with Crippen molar-refractivity contribution in [2.24, 2.45) is 20.3 Å². The Balaban J connectivity index is 0.000000804. The van der Waals surface area contributed by atoms with Crippen LogP contribution in [0, 0.1) is 126 Å². The number of nitrogens with zero attached hydrogens (tertiary/aromatic N) is 11. The fourth-order valence-corrected chi connectivity index (χ4v) is 8.13. The van der Waals surface area contributed by atoms with Crippen LogP contribution in [0.5, 0.6) is 0 Å². The van der Waals surface area contributed by atoms with E-state index in [1.54, 1.807) is 0 Å². The first-order valence-corrected chi connectivity index (χ1v) is 22.1. The summed E-state index contributed by atoms with van der Waals surface area (Å²) in [6, 6.07) is 0. The van der Waals surface area contributed by atoms with Crippen molar-refractivity contribution in [3.05, 3.63) is 126 Å². The maximum Gasteiger partial charge on any atom is 2.00 e. The first-order chi connectivity index (χ1) is 36.5. The maximum absolute atomic E-state index is 15.4. The van der Waals surface area contributed by atoms with Crippen LogP contribution in [0.1, 0.15) is 0 Å². The predicted octanol–water partition coefficient (Wildman–Crippen LogP) is 5.82. The Labute approximate surface area is 454 Å². The molecule has 4 rings (SSSR count). The number of hydrogen-bond donors (Lipinski definition) is 0. The quantitative estimate of drug-likeness (QED) is 0.0239. The molecule has 80 heavy (non-hydrogen) atoms. The van der Waals surface area contributed by atoms with Crippen LogP contribution >= 0.6 is 0 Å². The molecule has 0 aromatic heterocycles. The van der Waals surface area contributed by atoms with E-state index in [0.717, 1.165) is 62.5 Å². The molecule has 4 aromatic carbocycles. The van der Waals surface area contributed by atoms with Crippen molar-refractivity contribution in [1.29, 1.82) is 0 Å². The van der Waals surface area contributed by atoms with Crippen molar-refractivity contribution in [2.45, 2.75) is 0 Å². The van der Waals surface area contributed by atoms with Crippen LogP contribution in [0.15, 0.2) is 20.3 Å². The Morgan fingerprint density at radius 1 is 0.312 bits per heavy atom. The minimum atomic E-state index is -7.22. The number of hydrogen-bond acceptors (Lipinski definition) is 7. The summed E-state index contributed by atoms with van der Waals surface area (Å²) in [6.45, 7) is 4.82. The van der Waals surface area contributed by atoms with Crippen molar-refractivity contribution in [3.8, 4) is 0 Å². The summed E-state index contributed by atoms with van der Waals surface area (Å²) in [5.41, 5.74) is -14.3. The second-order valence-corrected chi connectivity index (χ2v) is 17.6. The van der Waals surface area contributed by atoms with E-state index in [4.69, 9.17) is 25.1 Å². The van der Waals surface area contributed by atoms with Gasteiger partial charge in [0.25, 0.3) is 0 Å². The Morgan fingerprint density at radius 2 is 0.438 bits per heavy atom. The third kappa shape index (κ3) is 14.6. The molecule has 0 aliphatic carbocycles. The molecule has 0 saturated heterocycles. The molecule has 0 atom stereocenters. The van der Waals surface area contributed by atoms with E-state index in [0.29, 0.717) is 0 Å². The number of guanidine groups is 3. The maximum atomic E-state index is 15.4. The van der Waals surface area contributed by atoms with E-state index in [9.17, 15) is 52.7 Å². The summed E-state index contributed by atoms with van der Waals surface area (Å²) in [7, 11) is 24.3. The van der Waals surface area contributed by atoms with Crippen molar-refractivity contribution < 1.29 is 105 Å². The zero-order valence-corrected chi connectivity index (χ0v) is 44.9. The first kappa shape index (κ1) is 71.2. The van der Waals surface area contributed by atoms with Gasteiger partial charge in [-0.15, -0.1) is 27.2 Å².